The van der Waals surface area contributed by atoms with Crippen LogP contribution < -0.4 is 5.32 Å². The van der Waals surface area contributed by atoms with Gasteiger partial charge in [0.1, 0.15) is 5.82 Å². The highest BCUT2D eigenvalue weighted by atomic mass is 35.5. The standard InChI is InChI=1S/C21H24ClN7O/c1-6-17(27(3)4)16-10-29-11-19(24-12(2)20(29)25-16)26-21(30)14-7-13-9-23-28(5)18(13)8-15(14)22/h7-11,17H,6H2,1-5H3,(H,26,30). The largest absolute Gasteiger partial charge is 0.305 e. The van der Waals surface area contributed by atoms with Crippen molar-refractivity contribution < 1.29 is 4.79 Å². The van der Waals surface area contributed by atoms with Crippen molar-refractivity contribution in [3.63, 3.8) is 0 Å². The van der Waals surface area contributed by atoms with Crippen molar-refractivity contribution in [3.05, 3.63) is 52.7 Å². The number of aromatic nitrogens is 5. The van der Waals surface area contributed by atoms with Crippen molar-refractivity contribution in [3.8, 4) is 0 Å². The summed E-state index contributed by atoms with van der Waals surface area (Å²) in [5.41, 5.74) is 3.73. The maximum absolute atomic E-state index is 12.9. The van der Waals surface area contributed by atoms with Gasteiger partial charge >= 0.3 is 0 Å². The van der Waals surface area contributed by atoms with Crippen LogP contribution in [0.25, 0.3) is 16.6 Å². The summed E-state index contributed by atoms with van der Waals surface area (Å²) in [4.78, 5) is 24.3. The van der Waals surface area contributed by atoms with E-state index in [1.165, 1.54) is 0 Å². The van der Waals surface area contributed by atoms with E-state index < -0.39 is 0 Å². The summed E-state index contributed by atoms with van der Waals surface area (Å²) in [5.74, 6) is 0.117. The van der Waals surface area contributed by atoms with Crippen molar-refractivity contribution in [1.82, 2.24) is 29.0 Å². The predicted molar refractivity (Wildman–Crippen MR) is 118 cm³/mol. The number of nitrogens with one attached hydrogen (secondary N) is 1. The quantitative estimate of drug-likeness (QED) is 0.525. The molecule has 0 aliphatic carbocycles. The number of anilines is 1. The summed E-state index contributed by atoms with van der Waals surface area (Å²) in [6.07, 6.45) is 6.42. The number of benzene rings is 1. The van der Waals surface area contributed by atoms with Gasteiger partial charge in [-0.3, -0.25) is 9.48 Å². The van der Waals surface area contributed by atoms with Gasteiger partial charge in [-0.15, -0.1) is 0 Å². The Kier molecular flexibility index (Phi) is 5.21. The molecule has 0 saturated heterocycles. The molecule has 1 amide bonds. The zero-order valence-electron chi connectivity index (χ0n) is 17.6. The van der Waals surface area contributed by atoms with Crippen LogP contribution in [0.3, 0.4) is 0 Å². The Hall–Kier alpha value is -2.97. The minimum Gasteiger partial charge on any atom is -0.305 e. The number of aryl methyl sites for hydroxylation is 2. The molecule has 4 rings (SSSR count). The molecule has 8 nitrogen and oxygen atoms in total. The molecule has 4 aromatic rings. The molecule has 0 bridgehead atoms. The van der Waals surface area contributed by atoms with Crippen LogP contribution in [0, 0.1) is 6.92 Å². The fraction of sp³-hybridized carbons (Fsp3) is 0.333. The van der Waals surface area contributed by atoms with Gasteiger partial charge in [0.05, 0.1) is 45.9 Å². The molecule has 0 radical (unpaired) electrons. The highest BCUT2D eigenvalue weighted by Crippen LogP contribution is 2.26. The number of hydrogen-bond donors (Lipinski definition) is 1. The molecular formula is C21H24ClN7O. The summed E-state index contributed by atoms with van der Waals surface area (Å²) in [5, 5.41) is 8.27. The van der Waals surface area contributed by atoms with Gasteiger partial charge in [-0.05, 0) is 39.6 Å². The van der Waals surface area contributed by atoms with E-state index in [9.17, 15) is 4.79 Å². The third-order valence-corrected chi connectivity index (χ3v) is 5.61. The van der Waals surface area contributed by atoms with E-state index in [-0.39, 0.29) is 11.9 Å². The zero-order chi connectivity index (χ0) is 21.6. The van der Waals surface area contributed by atoms with Crippen LogP contribution in [0.2, 0.25) is 5.02 Å². The number of fused-ring (bicyclic) bond motifs is 2. The van der Waals surface area contributed by atoms with Gasteiger partial charge in [0, 0.05) is 18.6 Å². The zero-order valence-corrected chi connectivity index (χ0v) is 18.4. The Balaban J connectivity index is 1.67. The van der Waals surface area contributed by atoms with E-state index in [0.717, 1.165) is 34.4 Å². The van der Waals surface area contributed by atoms with Crippen LogP contribution in [0.4, 0.5) is 5.82 Å². The molecule has 0 aliphatic rings. The monoisotopic (exact) mass is 425 g/mol. The molecule has 30 heavy (non-hydrogen) atoms. The molecule has 0 aliphatic heterocycles. The minimum absolute atomic E-state index is 0.215. The second kappa shape index (κ2) is 7.70. The summed E-state index contributed by atoms with van der Waals surface area (Å²) in [6.45, 7) is 4.02. The molecule has 1 atom stereocenters. The van der Waals surface area contributed by atoms with E-state index >= 15 is 0 Å². The number of nitrogens with zero attached hydrogens (tertiary/aromatic N) is 6. The number of carbonyl (C=O) groups is 1. The van der Waals surface area contributed by atoms with Crippen molar-refractivity contribution in [2.24, 2.45) is 7.05 Å². The lowest BCUT2D eigenvalue weighted by Crippen LogP contribution is -2.19. The van der Waals surface area contributed by atoms with Crippen LogP contribution in [-0.4, -0.2) is 49.1 Å². The molecule has 0 fully saturated rings. The van der Waals surface area contributed by atoms with Crippen LogP contribution in [0.15, 0.2) is 30.7 Å². The SMILES string of the molecule is CCC(c1cn2cc(NC(=O)c3cc4cnn(C)c4cc3Cl)nc(C)c2n1)N(C)C. The molecule has 1 unspecified atom stereocenters. The van der Waals surface area contributed by atoms with Gasteiger partial charge in [-0.2, -0.15) is 5.10 Å². The highest BCUT2D eigenvalue weighted by Gasteiger charge is 2.18. The molecule has 1 N–H and O–H groups in total. The fourth-order valence-electron chi connectivity index (χ4n) is 3.76. The predicted octanol–water partition coefficient (Wildman–Crippen LogP) is 3.84. The average molecular weight is 426 g/mol. The fourth-order valence-corrected chi connectivity index (χ4v) is 4.01. The minimum atomic E-state index is -0.322. The number of rotatable bonds is 5. The molecule has 0 spiro atoms. The van der Waals surface area contributed by atoms with Crippen molar-refractivity contribution in [2.75, 3.05) is 19.4 Å². The molecule has 1 aromatic carbocycles. The first-order chi connectivity index (χ1) is 14.3. The third kappa shape index (κ3) is 3.53. The Morgan fingerprint density at radius 1 is 1.27 bits per heavy atom. The van der Waals surface area contributed by atoms with E-state index in [2.05, 4.69) is 27.2 Å². The van der Waals surface area contributed by atoms with Gasteiger partial charge < -0.3 is 14.6 Å². The van der Waals surface area contributed by atoms with Crippen molar-refractivity contribution in [2.45, 2.75) is 26.3 Å². The molecular weight excluding hydrogens is 402 g/mol. The van der Waals surface area contributed by atoms with Crippen molar-refractivity contribution in [1.29, 1.82) is 0 Å². The van der Waals surface area contributed by atoms with Gasteiger partial charge in [-0.25, -0.2) is 9.97 Å². The van der Waals surface area contributed by atoms with E-state index in [4.69, 9.17) is 16.6 Å². The molecule has 156 valence electrons. The summed E-state index contributed by atoms with van der Waals surface area (Å²) in [6, 6.07) is 3.70. The maximum Gasteiger partial charge on any atom is 0.258 e. The van der Waals surface area contributed by atoms with Crippen LogP contribution in [-0.2, 0) is 7.05 Å². The molecule has 9 heteroatoms. The Morgan fingerprint density at radius 3 is 2.73 bits per heavy atom. The number of carbonyl (C=O) groups excluding carboxylic acids is 1. The lowest BCUT2D eigenvalue weighted by Gasteiger charge is -2.20. The second-order valence-corrected chi connectivity index (χ2v) is 8.02. The highest BCUT2D eigenvalue weighted by molar-refractivity contribution is 6.35. The first-order valence-electron chi connectivity index (χ1n) is 9.73. The molecule has 3 aromatic heterocycles. The van der Waals surface area contributed by atoms with E-state index in [1.54, 1.807) is 29.2 Å². The Morgan fingerprint density at radius 2 is 2.03 bits per heavy atom. The lowest BCUT2D eigenvalue weighted by atomic mass is 10.1. The number of imidazole rings is 1. The third-order valence-electron chi connectivity index (χ3n) is 5.30. The molecule has 0 saturated carbocycles. The topological polar surface area (TPSA) is 80.3 Å². The maximum atomic E-state index is 12.9. The second-order valence-electron chi connectivity index (χ2n) is 7.61. The number of halogens is 1. The van der Waals surface area contributed by atoms with Gasteiger partial charge in [0.15, 0.2) is 5.65 Å². The Labute approximate surface area is 179 Å². The first-order valence-corrected chi connectivity index (χ1v) is 10.1. The first kappa shape index (κ1) is 20.3. The van der Waals surface area contributed by atoms with Gasteiger partial charge in [0.25, 0.3) is 5.91 Å². The number of amides is 1. The summed E-state index contributed by atoms with van der Waals surface area (Å²) >= 11 is 6.36. The molecule has 3 heterocycles. The van der Waals surface area contributed by atoms with Crippen LogP contribution in [0.5, 0.6) is 0 Å². The summed E-state index contributed by atoms with van der Waals surface area (Å²) in [7, 11) is 5.91. The smallest absolute Gasteiger partial charge is 0.258 e. The van der Waals surface area contributed by atoms with Crippen LogP contribution >= 0.6 is 11.6 Å². The average Bonchev–Trinajstić information content (AvgIpc) is 3.25. The number of hydrogen-bond acceptors (Lipinski definition) is 5. The Bertz CT molecular complexity index is 1260. The van der Waals surface area contributed by atoms with Crippen LogP contribution in [0.1, 0.15) is 41.1 Å². The van der Waals surface area contributed by atoms with E-state index in [0.29, 0.717) is 16.4 Å². The normalized spacial score (nSPS) is 12.8. The van der Waals surface area contributed by atoms with Gasteiger partial charge in [-0.1, -0.05) is 18.5 Å². The van der Waals surface area contributed by atoms with Crippen molar-refractivity contribution >= 4 is 39.9 Å². The summed E-state index contributed by atoms with van der Waals surface area (Å²) < 4.78 is 3.63. The lowest BCUT2D eigenvalue weighted by molar-refractivity contribution is 0.102. The van der Waals surface area contributed by atoms with Gasteiger partial charge in [0.2, 0.25) is 0 Å². The van der Waals surface area contributed by atoms with E-state index in [1.807, 2.05) is 38.7 Å².